The van der Waals surface area contributed by atoms with Gasteiger partial charge in [-0.25, -0.2) is 0 Å². The number of rotatable bonds is 4. The number of hydrogen-bond donors (Lipinski definition) is 2. The molecule has 2 aromatic carbocycles. The summed E-state index contributed by atoms with van der Waals surface area (Å²) < 4.78 is 0. The minimum absolute atomic E-state index is 0.114. The summed E-state index contributed by atoms with van der Waals surface area (Å²) in [5.74, 6) is -3.59. The summed E-state index contributed by atoms with van der Waals surface area (Å²) in [6.45, 7) is 9.34. The smallest absolute Gasteiger partial charge is 0.325 e. The van der Waals surface area contributed by atoms with E-state index in [0.29, 0.717) is 0 Å². The summed E-state index contributed by atoms with van der Waals surface area (Å²) in [6, 6.07) is 14.7. The predicted molar refractivity (Wildman–Crippen MR) is 121 cm³/mol. The van der Waals surface area contributed by atoms with Crippen LogP contribution in [0, 0.1) is 25.7 Å². The standard InChI is InChI=1S/C26H30N2O4/c1-15-11-12-16(2)18(13-15)21-19-20(23(30)28(22(19)29)25(3,4)5)26(27-21,24(31)32)14-17-9-7-6-8-10-17/h6-13,19-21,27H,14H2,1-5H3,(H,31,32). The van der Waals surface area contributed by atoms with Crippen LogP contribution in [-0.2, 0) is 20.8 Å². The Kier molecular flexibility index (Phi) is 5.24. The Bertz CT molecular complexity index is 1090. The number of carbonyl (C=O) groups excluding carboxylic acids is 2. The van der Waals surface area contributed by atoms with Crippen LogP contribution in [-0.4, -0.2) is 38.9 Å². The Morgan fingerprint density at radius 1 is 1.06 bits per heavy atom. The third-order valence-corrected chi connectivity index (χ3v) is 6.80. The van der Waals surface area contributed by atoms with Crippen LogP contribution in [0.4, 0.5) is 0 Å². The van der Waals surface area contributed by atoms with E-state index in [-0.39, 0.29) is 12.3 Å². The molecule has 4 atom stereocenters. The fraction of sp³-hybridized carbons (Fsp3) is 0.423. The van der Waals surface area contributed by atoms with Crippen molar-refractivity contribution in [1.82, 2.24) is 10.2 Å². The summed E-state index contributed by atoms with van der Waals surface area (Å²) in [7, 11) is 0. The second-order valence-electron chi connectivity index (χ2n) is 10.1. The van der Waals surface area contributed by atoms with Gasteiger partial charge in [0, 0.05) is 18.0 Å². The van der Waals surface area contributed by atoms with Crippen molar-refractivity contribution in [3.05, 3.63) is 70.8 Å². The van der Waals surface area contributed by atoms with Crippen molar-refractivity contribution in [2.24, 2.45) is 11.8 Å². The molecule has 2 N–H and O–H groups in total. The van der Waals surface area contributed by atoms with E-state index in [1.54, 1.807) is 0 Å². The lowest BCUT2D eigenvalue weighted by molar-refractivity contribution is -0.153. The van der Waals surface area contributed by atoms with E-state index >= 15 is 0 Å². The molecule has 32 heavy (non-hydrogen) atoms. The van der Waals surface area contributed by atoms with Gasteiger partial charge in [0.1, 0.15) is 5.54 Å². The van der Waals surface area contributed by atoms with E-state index in [2.05, 4.69) is 5.32 Å². The molecule has 0 saturated carbocycles. The second-order valence-corrected chi connectivity index (χ2v) is 10.1. The molecule has 2 fully saturated rings. The average molecular weight is 435 g/mol. The van der Waals surface area contributed by atoms with Crippen LogP contribution >= 0.6 is 0 Å². The van der Waals surface area contributed by atoms with Gasteiger partial charge in [-0.1, -0.05) is 54.1 Å². The maximum absolute atomic E-state index is 13.7. The Balaban J connectivity index is 1.91. The first kappa shape index (κ1) is 22.2. The molecule has 0 aliphatic carbocycles. The SMILES string of the molecule is Cc1ccc(C)c(C2NC(Cc3ccccc3)(C(=O)O)C3C(=O)N(C(C)(C)C)C(=O)C23)c1. The Labute approximate surface area is 188 Å². The molecular formula is C26H30N2O4. The number of amides is 2. The minimum Gasteiger partial charge on any atom is -0.480 e. The van der Waals surface area contributed by atoms with Crippen molar-refractivity contribution >= 4 is 17.8 Å². The first-order chi connectivity index (χ1) is 15.0. The molecule has 0 spiro atoms. The molecule has 4 rings (SSSR count). The molecule has 2 aromatic rings. The van der Waals surface area contributed by atoms with Gasteiger partial charge in [0.2, 0.25) is 11.8 Å². The van der Waals surface area contributed by atoms with Crippen LogP contribution in [0.2, 0.25) is 0 Å². The molecule has 4 unspecified atom stereocenters. The first-order valence-corrected chi connectivity index (χ1v) is 11.0. The number of aliphatic carboxylic acids is 1. The van der Waals surface area contributed by atoms with Crippen molar-refractivity contribution in [1.29, 1.82) is 0 Å². The van der Waals surface area contributed by atoms with Gasteiger partial charge < -0.3 is 5.11 Å². The second kappa shape index (κ2) is 7.55. The van der Waals surface area contributed by atoms with E-state index < -0.39 is 40.8 Å². The normalized spacial score (nSPS) is 27.7. The predicted octanol–water partition coefficient (Wildman–Crippen LogP) is 3.41. The third-order valence-electron chi connectivity index (χ3n) is 6.80. The zero-order valence-corrected chi connectivity index (χ0v) is 19.2. The molecule has 2 amide bonds. The van der Waals surface area contributed by atoms with E-state index in [1.165, 1.54) is 4.90 Å². The van der Waals surface area contributed by atoms with Gasteiger partial charge in [-0.05, 0) is 51.3 Å². The number of likely N-dealkylation sites (tertiary alicyclic amines) is 1. The number of fused-ring (bicyclic) bond motifs is 1. The van der Waals surface area contributed by atoms with Crippen molar-refractivity contribution in [3.63, 3.8) is 0 Å². The Morgan fingerprint density at radius 2 is 1.72 bits per heavy atom. The van der Waals surface area contributed by atoms with Crippen LogP contribution in [0.15, 0.2) is 48.5 Å². The van der Waals surface area contributed by atoms with Crippen molar-refractivity contribution in [2.75, 3.05) is 0 Å². The van der Waals surface area contributed by atoms with Crippen LogP contribution in [0.5, 0.6) is 0 Å². The van der Waals surface area contributed by atoms with E-state index in [0.717, 1.165) is 22.3 Å². The monoisotopic (exact) mass is 434 g/mol. The van der Waals surface area contributed by atoms with E-state index in [1.807, 2.05) is 83.1 Å². The average Bonchev–Trinajstić information content (AvgIpc) is 3.19. The summed E-state index contributed by atoms with van der Waals surface area (Å²) in [6.07, 6.45) is 0.114. The van der Waals surface area contributed by atoms with Crippen LogP contribution in [0.25, 0.3) is 0 Å². The molecule has 6 heteroatoms. The Morgan fingerprint density at radius 3 is 2.31 bits per heavy atom. The zero-order valence-electron chi connectivity index (χ0n) is 19.2. The minimum atomic E-state index is -1.58. The number of benzene rings is 2. The van der Waals surface area contributed by atoms with Crippen molar-refractivity contribution in [2.45, 2.75) is 58.2 Å². The lowest BCUT2D eigenvalue weighted by atomic mass is 9.76. The Hall–Kier alpha value is -2.99. The van der Waals surface area contributed by atoms with E-state index in [9.17, 15) is 19.5 Å². The highest BCUT2D eigenvalue weighted by Crippen LogP contribution is 2.51. The highest BCUT2D eigenvalue weighted by molar-refractivity contribution is 6.10. The summed E-state index contributed by atoms with van der Waals surface area (Å²) >= 11 is 0. The number of carbonyl (C=O) groups is 3. The lowest BCUT2D eigenvalue weighted by Crippen LogP contribution is -2.58. The molecule has 2 heterocycles. The number of carboxylic acid groups (broad SMARTS) is 1. The quantitative estimate of drug-likeness (QED) is 0.720. The van der Waals surface area contributed by atoms with Gasteiger partial charge in [-0.2, -0.15) is 0 Å². The maximum atomic E-state index is 13.7. The molecule has 0 aromatic heterocycles. The van der Waals surface area contributed by atoms with Gasteiger partial charge >= 0.3 is 5.97 Å². The number of carboxylic acids is 1. The molecule has 6 nitrogen and oxygen atoms in total. The number of hydrogen-bond acceptors (Lipinski definition) is 4. The zero-order chi connectivity index (χ0) is 23.4. The number of nitrogens with zero attached hydrogens (tertiary/aromatic N) is 1. The maximum Gasteiger partial charge on any atom is 0.325 e. The van der Waals surface area contributed by atoms with Gasteiger partial charge in [0.05, 0.1) is 11.8 Å². The molecule has 2 aliphatic rings. The lowest BCUT2D eigenvalue weighted by Gasteiger charge is -2.35. The largest absolute Gasteiger partial charge is 0.480 e. The number of aryl methyl sites for hydroxylation is 2. The van der Waals surface area contributed by atoms with Crippen LogP contribution in [0.3, 0.4) is 0 Å². The van der Waals surface area contributed by atoms with Gasteiger partial charge in [0.15, 0.2) is 0 Å². The molecule has 0 bridgehead atoms. The summed E-state index contributed by atoms with van der Waals surface area (Å²) in [5.41, 5.74) is 1.33. The van der Waals surface area contributed by atoms with Gasteiger partial charge in [0.25, 0.3) is 0 Å². The fourth-order valence-corrected chi connectivity index (χ4v) is 5.38. The molecule has 2 aliphatic heterocycles. The fourth-order valence-electron chi connectivity index (χ4n) is 5.38. The number of imide groups is 1. The molecule has 168 valence electrons. The first-order valence-electron chi connectivity index (χ1n) is 11.0. The van der Waals surface area contributed by atoms with Crippen LogP contribution in [0.1, 0.15) is 49.1 Å². The topological polar surface area (TPSA) is 86.7 Å². The van der Waals surface area contributed by atoms with Gasteiger partial charge in [-0.3, -0.25) is 24.6 Å². The molecular weight excluding hydrogens is 404 g/mol. The number of nitrogens with one attached hydrogen (secondary N) is 1. The van der Waals surface area contributed by atoms with Gasteiger partial charge in [-0.15, -0.1) is 0 Å². The van der Waals surface area contributed by atoms with Crippen molar-refractivity contribution < 1.29 is 19.5 Å². The molecule has 2 saturated heterocycles. The van der Waals surface area contributed by atoms with Crippen molar-refractivity contribution in [3.8, 4) is 0 Å². The van der Waals surface area contributed by atoms with E-state index in [4.69, 9.17) is 0 Å². The summed E-state index contributed by atoms with van der Waals surface area (Å²) in [4.78, 5) is 41.5. The highest BCUT2D eigenvalue weighted by atomic mass is 16.4. The summed E-state index contributed by atoms with van der Waals surface area (Å²) in [5, 5.41) is 13.8. The third kappa shape index (κ3) is 3.34. The highest BCUT2D eigenvalue weighted by Gasteiger charge is 2.69. The van der Waals surface area contributed by atoms with Crippen LogP contribution < -0.4 is 5.32 Å². The molecule has 0 radical (unpaired) electrons.